The molecule has 2 nitrogen and oxygen atoms in total. The fourth-order valence-corrected chi connectivity index (χ4v) is 3.03. The van der Waals surface area contributed by atoms with Crippen LogP contribution < -0.4 is 5.32 Å². The first-order chi connectivity index (χ1) is 7.78. The summed E-state index contributed by atoms with van der Waals surface area (Å²) in [5, 5.41) is 3.50. The molecule has 2 rings (SSSR count). The lowest BCUT2D eigenvalue weighted by atomic mass is 9.76. The first kappa shape index (κ1) is 12.4. The van der Waals surface area contributed by atoms with E-state index in [1.54, 1.807) is 0 Å². The third-order valence-electron chi connectivity index (χ3n) is 4.63. The predicted molar refractivity (Wildman–Crippen MR) is 69.7 cm³/mol. The number of hydrogen-bond donors (Lipinski definition) is 1. The molecule has 0 aromatic heterocycles. The SMILES string of the molecule is CCN(CC1CC1)CC1(CC)CCNCC1. The number of hydrogen-bond acceptors (Lipinski definition) is 2. The molecule has 1 N–H and O–H groups in total. The van der Waals surface area contributed by atoms with Crippen molar-refractivity contribution in [3.63, 3.8) is 0 Å². The van der Waals surface area contributed by atoms with Crippen LogP contribution in [0.4, 0.5) is 0 Å². The van der Waals surface area contributed by atoms with Crippen molar-refractivity contribution >= 4 is 0 Å². The molecule has 16 heavy (non-hydrogen) atoms. The van der Waals surface area contributed by atoms with Gasteiger partial charge in [-0.1, -0.05) is 13.8 Å². The van der Waals surface area contributed by atoms with Gasteiger partial charge in [0.2, 0.25) is 0 Å². The summed E-state index contributed by atoms with van der Waals surface area (Å²) in [6.07, 6.45) is 7.08. The molecule has 0 aromatic rings. The molecule has 2 fully saturated rings. The van der Waals surface area contributed by atoms with Gasteiger partial charge in [0.1, 0.15) is 0 Å². The molecule has 1 saturated heterocycles. The summed E-state index contributed by atoms with van der Waals surface area (Å²) < 4.78 is 0. The van der Waals surface area contributed by atoms with Crippen LogP contribution in [0.2, 0.25) is 0 Å². The minimum absolute atomic E-state index is 0.621. The van der Waals surface area contributed by atoms with Crippen LogP contribution in [-0.4, -0.2) is 37.6 Å². The van der Waals surface area contributed by atoms with Crippen molar-refractivity contribution in [1.82, 2.24) is 10.2 Å². The molecule has 0 aromatic carbocycles. The number of nitrogens with one attached hydrogen (secondary N) is 1. The average molecular weight is 224 g/mol. The van der Waals surface area contributed by atoms with Gasteiger partial charge in [0.15, 0.2) is 0 Å². The monoisotopic (exact) mass is 224 g/mol. The van der Waals surface area contributed by atoms with Crippen molar-refractivity contribution in [2.45, 2.75) is 46.0 Å². The Morgan fingerprint density at radius 2 is 1.88 bits per heavy atom. The largest absolute Gasteiger partial charge is 0.317 e. The van der Waals surface area contributed by atoms with Crippen LogP contribution in [0, 0.1) is 11.3 Å². The van der Waals surface area contributed by atoms with E-state index in [1.165, 1.54) is 64.8 Å². The molecule has 2 aliphatic rings. The molecule has 0 atom stereocenters. The second kappa shape index (κ2) is 5.50. The molecule has 1 aliphatic carbocycles. The summed E-state index contributed by atoms with van der Waals surface area (Å²) in [4.78, 5) is 2.71. The Labute approximate surface area is 101 Å². The molecule has 0 amide bonds. The maximum absolute atomic E-state index is 3.50. The van der Waals surface area contributed by atoms with Crippen LogP contribution in [-0.2, 0) is 0 Å². The van der Waals surface area contributed by atoms with E-state index in [2.05, 4.69) is 24.1 Å². The van der Waals surface area contributed by atoms with Gasteiger partial charge in [-0.2, -0.15) is 0 Å². The minimum atomic E-state index is 0.621. The summed E-state index contributed by atoms with van der Waals surface area (Å²) in [5.74, 6) is 1.04. The number of rotatable bonds is 6. The molecule has 94 valence electrons. The van der Waals surface area contributed by atoms with Crippen LogP contribution in [0.1, 0.15) is 46.0 Å². The van der Waals surface area contributed by atoms with Crippen LogP contribution in [0.3, 0.4) is 0 Å². The molecule has 0 unspecified atom stereocenters. The minimum Gasteiger partial charge on any atom is -0.317 e. The van der Waals surface area contributed by atoms with E-state index in [1.807, 2.05) is 0 Å². The number of piperidine rings is 1. The first-order valence-corrected chi connectivity index (χ1v) is 7.21. The first-order valence-electron chi connectivity index (χ1n) is 7.21. The predicted octanol–water partition coefficient (Wildman–Crippen LogP) is 2.50. The quantitative estimate of drug-likeness (QED) is 0.746. The molecule has 0 spiro atoms. The van der Waals surface area contributed by atoms with Crippen LogP contribution in [0.5, 0.6) is 0 Å². The normalized spacial score (nSPS) is 24.9. The van der Waals surface area contributed by atoms with Gasteiger partial charge in [-0.15, -0.1) is 0 Å². The standard InChI is InChI=1S/C14H28N2/c1-3-14(7-9-15-10-8-14)12-16(4-2)11-13-5-6-13/h13,15H,3-12H2,1-2H3. The third kappa shape index (κ3) is 3.21. The summed E-state index contributed by atoms with van der Waals surface area (Å²) in [6.45, 7) is 11.1. The van der Waals surface area contributed by atoms with Gasteiger partial charge in [-0.3, -0.25) is 0 Å². The molecule has 2 heteroatoms. The number of nitrogens with zero attached hydrogens (tertiary/aromatic N) is 1. The molecule has 0 radical (unpaired) electrons. The van der Waals surface area contributed by atoms with Crippen LogP contribution >= 0.6 is 0 Å². The highest BCUT2D eigenvalue weighted by molar-refractivity contribution is 4.88. The maximum atomic E-state index is 3.50. The van der Waals surface area contributed by atoms with E-state index >= 15 is 0 Å². The zero-order chi connectivity index (χ0) is 11.4. The molecule has 1 heterocycles. The van der Waals surface area contributed by atoms with Crippen molar-refractivity contribution in [1.29, 1.82) is 0 Å². The Morgan fingerprint density at radius 1 is 1.19 bits per heavy atom. The van der Waals surface area contributed by atoms with Crippen molar-refractivity contribution in [2.75, 3.05) is 32.7 Å². The van der Waals surface area contributed by atoms with Gasteiger partial charge in [0, 0.05) is 13.1 Å². The fraction of sp³-hybridized carbons (Fsp3) is 1.00. The summed E-state index contributed by atoms with van der Waals surface area (Å²) in [6, 6.07) is 0. The van der Waals surface area contributed by atoms with Gasteiger partial charge >= 0.3 is 0 Å². The summed E-state index contributed by atoms with van der Waals surface area (Å²) >= 11 is 0. The van der Waals surface area contributed by atoms with E-state index < -0.39 is 0 Å². The van der Waals surface area contributed by atoms with E-state index in [9.17, 15) is 0 Å². The zero-order valence-electron chi connectivity index (χ0n) is 11.1. The van der Waals surface area contributed by atoms with E-state index in [0.717, 1.165) is 5.92 Å². The van der Waals surface area contributed by atoms with Crippen molar-refractivity contribution in [3.8, 4) is 0 Å². The Balaban J connectivity index is 1.86. The second-order valence-electron chi connectivity index (χ2n) is 5.87. The van der Waals surface area contributed by atoms with E-state index in [-0.39, 0.29) is 0 Å². The van der Waals surface area contributed by atoms with Crippen molar-refractivity contribution in [2.24, 2.45) is 11.3 Å². The summed E-state index contributed by atoms with van der Waals surface area (Å²) in [5.41, 5.74) is 0.621. The van der Waals surface area contributed by atoms with E-state index in [0.29, 0.717) is 5.41 Å². The lowest BCUT2D eigenvalue weighted by Gasteiger charge is -2.40. The van der Waals surface area contributed by atoms with Gasteiger partial charge in [-0.05, 0) is 63.1 Å². The van der Waals surface area contributed by atoms with Crippen molar-refractivity contribution in [3.05, 3.63) is 0 Å². The maximum Gasteiger partial charge on any atom is 0.00388 e. The Bertz CT molecular complexity index is 205. The van der Waals surface area contributed by atoms with Gasteiger partial charge in [-0.25, -0.2) is 0 Å². The Morgan fingerprint density at radius 3 is 2.38 bits per heavy atom. The van der Waals surface area contributed by atoms with Gasteiger partial charge < -0.3 is 10.2 Å². The zero-order valence-corrected chi connectivity index (χ0v) is 11.1. The molecular formula is C14H28N2. The highest BCUT2D eigenvalue weighted by Gasteiger charge is 2.33. The average Bonchev–Trinajstić information content (AvgIpc) is 3.13. The lowest BCUT2D eigenvalue weighted by molar-refractivity contribution is 0.107. The smallest absolute Gasteiger partial charge is 0.00388 e. The lowest BCUT2D eigenvalue weighted by Crippen LogP contribution is -2.45. The topological polar surface area (TPSA) is 15.3 Å². The van der Waals surface area contributed by atoms with E-state index in [4.69, 9.17) is 0 Å². The fourth-order valence-electron chi connectivity index (χ4n) is 3.03. The summed E-state index contributed by atoms with van der Waals surface area (Å²) in [7, 11) is 0. The highest BCUT2D eigenvalue weighted by Crippen LogP contribution is 2.35. The molecule has 1 saturated carbocycles. The van der Waals surface area contributed by atoms with Gasteiger partial charge in [0.05, 0.1) is 0 Å². The van der Waals surface area contributed by atoms with Gasteiger partial charge in [0.25, 0.3) is 0 Å². The third-order valence-corrected chi connectivity index (χ3v) is 4.63. The molecule has 0 bridgehead atoms. The Hall–Kier alpha value is -0.0800. The second-order valence-corrected chi connectivity index (χ2v) is 5.87. The Kier molecular flexibility index (Phi) is 4.26. The molecular weight excluding hydrogens is 196 g/mol. The van der Waals surface area contributed by atoms with Crippen LogP contribution in [0.25, 0.3) is 0 Å². The highest BCUT2D eigenvalue weighted by atomic mass is 15.1. The van der Waals surface area contributed by atoms with Crippen LogP contribution in [0.15, 0.2) is 0 Å². The molecule has 1 aliphatic heterocycles. The van der Waals surface area contributed by atoms with Crippen molar-refractivity contribution < 1.29 is 0 Å².